The highest BCUT2D eigenvalue weighted by Gasteiger charge is 2.52. The molecular weight excluding hydrogens is 670 g/mol. The minimum atomic E-state index is -5.10. The molecule has 0 aliphatic carbocycles. The Balaban J connectivity index is -0.0000000377. The molecule has 0 aliphatic heterocycles. The lowest BCUT2D eigenvalue weighted by atomic mass is 10.1. The van der Waals surface area contributed by atoms with Gasteiger partial charge in [-0.15, -0.1) is 0 Å². The largest absolute Gasteiger partial charge is 0.424 e. The van der Waals surface area contributed by atoms with Gasteiger partial charge in [0.1, 0.15) is 13.1 Å². The van der Waals surface area contributed by atoms with Gasteiger partial charge in [0, 0.05) is 13.3 Å². The zero-order valence-corrected chi connectivity index (χ0v) is 24.9. The normalized spacial score (nSPS) is 11.4. The van der Waals surface area contributed by atoms with Crippen molar-refractivity contribution in [3.63, 3.8) is 0 Å². The molecule has 0 amide bonds. The fourth-order valence-electron chi connectivity index (χ4n) is 0.428. The van der Waals surface area contributed by atoms with E-state index < -0.39 is 62.2 Å². The van der Waals surface area contributed by atoms with Crippen LogP contribution in [-0.4, -0.2) is 92.0 Å². The van der Waals surface area contributed by atoms with Crippen LogP contribution in [0.1, 0.15) is 47.5 Å². The van der Waals surface area contributed by atoms with E-state index in [9.17, 15) is 96.6 Å². The monoisotopic (exact) mass is 710 g/mol. The van der Waals surface area contributed by atoms with Crippen LogP contribution in [0.15, 0.2) is 0 Å². The van der Waals surface area contributed by atoms with E-state index >= 15 is 0 Å². The molecule has 0 aromatic rings. The molecular formula is C21H40F22. The van der Waals surface area contributed by atoms with Gasteiger partial charge in [-0.05, 0) is 20.8 Å². The standard InChI is InChI=1S/2C4H5F5.2C3H5F3.C2H5F.5CH3F/c1-3(6,2-5)4(7,8)9;1-3(5,6)2-4(7,8)9;1-3(5,6)2-4;1-2-3(4,5)6;1-2-3;5*1-2/h2*2H2,1H3;2*2H2,1H3;2H2,1H3;5*1H3. The van der Waals surface area contributed by atoms with Crippen LogP contribution in [0.5, 0.6) is 0 Å². The first-order valence-electron chi connectivity index (χ1n) is 10.3. The maximum absolute atomic E-state index is 11.8. The molecule has 0 bridgehead atoms. The van der Waals surface area contributed by atoms with E-state index in [1.54, 1.807) is 0 Å². The Morgan fingerprint density at radius 2 is 0.581 bits per heavy atom. The van der Waals surface area contributed by atoms with Crippen LogP contribution in [0.4, 0.5) is 96.6 Å². The van der Waals surface area contributed by atoms with Crippen LogP contribution in [0.2, 0.25) is 0 Å². The van der Waals surface area contributed by atoms with Crippen LogP contribution < -0.4 is 0 Å². The third-order valence-electron chi connectivity index (χ3n) is 1.99. The number of hydrogen-bond acceptors (Lipinski definition) is 0. The molecule has 1 unspecified atom stereocenters. The predicted molar refractivity (Wildman–Crippen MR) is 123 cm³/mol. The van der Waals surface area contributed by atoms with Crippen molar-refractivity contribution in [3.05, 3.63) is 0 Å². The molecule has 0 radical (unpaired) electrons. The second kappa shape index (κ2) is 40.5. The summed E-state index contributed by atoms with van der Waals surface area (Å²) in [6.45, 7) is -0.371. The van der Waals surface area contributed by atoms with E-state index in [0.29, 0.717) is 42.8 Å². The quantitative estimate of drug-likeness (QED) is 0.256. The van der Waals surface area contributed by atoms with Crippen molar-refractivity contribution in [2.75, 3.05) is 55.9 Å². The van der Waals surface area contributed by atoms with Crippen LogP contribution in [0, 0.1) is 0 Å². The van der Waals surface area contributed by atoms with Gasteiger partial charge < -0.3 is 0 Å². The van der Waals surface area contributed by atoms with E-state index in [1.165, 1.54) is 6.92 Å². The van der Waals surface area contributed by atoms with Gasteiger partial charge in [-0.2, -0.15) is 39.5 Å². The molecule has 22 heteroatoms. The van der Waals surface area contributed by atoms with E-state index in [1.807, 2.05) is 0 Å². The average molecular weight is 711 g/mol. The summed E-state index contributed by atoms with van der Waals surface area (Å²) in [6.07, 6.45) is -16.6. The minimum Gasteiger partial charge on any atom is -0.255 e. The maximum atomic E-state index is 11.8. The highest BCUT2D eigenvalue weighted by Crippen LogP contribution is 2.33. The van der Waals surface area contributed by atoms with Crippen molar-refractivity contribution >= 4 is 0 Å². The van der Waals surface area contributed by atoms with Gasteiger partial charge in [-0.1, -0.05) is 6.92 Å². The van der Waals surface area contributed by atoms with Crippen molar-refractivity contribution in [2.45, 2.75) is 83.5 Å². The molecule has 278 valence electrons. The fourth-order valence-corrected chi connectivity index (χ4v) is 0.428. The summed E-state index contributed by atoms with van der Waals surface area (Å²) >= 11 is 0. The van der Waals surface area contributed by atoms with Crippen LogP contribution in [0.25, 0.3) is 0 Å². The molecule has 0 spiro atoms. The Bertz CT molecular complexity index is 405. The van der Waals surface area contributed by atoms with E-state index in [-0.39, 0.29) is 20.5 Å². The Hall–Kier alpha value is -1.54. The molecule has 0 aliphatic rings. The molecule has 0 saturated carbocycles. The van der Waals surface area contributed by atoms with Crippen LogP contribution in [-0.2, 0) is 0 Å². The summed E-state index contributed by atoms with van der Waals surface area (Å²) in [5, 5.41) is 0. The molecule has 0 rings (SSSR count). The van der Waals surface area contributed by atoms with Gasteiger partial charge in [-0.3, -0.25) is 26.3 Å². The Morgan fingerprint density at radius 1 is 0.395 bits per heavy atom. The van der Waals surface area contributed by atoms with Gasteiger partial charge in [-0.25, -0.2) is 30.7 Å². The van der Waals surface area contributed by atoms with Gasteiger partial charge in [0.25, 0.3) is 11.8 Å². The van der Waals surface area contributed by atoms with E-state index in [4.69, 9.17) is 0 Å². The highest BCUT2D eigenvalue weighted by molar-refractivity contribution is 4.80. The second-order valence-electron chi connectivity index (χ2n) is 6.13. The number of hydrogen-bond donors (Lipinski definition) is 0. The first kappa shape index (κ1) is 68.6. The maximum Gasteiger partial charge on any atom is 0.424 e. The van der Waals surface area contributed by atoms with E-state index in [2.05, 4.69) is 0 Å². The molecule has 0 N–H and O–H groups in total. The lowest BCUT2D eigenvalue weighted by Crippen LogP contribution is -2.39. The average Bonchev–Trinajstić information content (AvgIpc) is 2.88. The number of alkyl halides is 22. The molecule has 1 atom stereocenters. The van der Waals surface area contributed by atoms with Crippen molar-refractivity contribution in [1.29, 1.82) is 0 Å². The van der Waals surface area contributed by atoms with Crippen molar-refractivity contribution < 1.29 is 96.6 Å². The summed E-state index contributed by atoms with van der Waals surface area (Å²) in [7, 11) is 2.50. The van der Waals surface area contributed by atoms with Crippen LogP contribution in [0.3, 0.4) is 0 Å². The van der Waals surface area contributed by atoms with Crippen LogP contribution >= 0.6 is 0 Å². The Labute approximate surface area is 237 Å². The van der Waals surface area contributed by atoms with Gasteiger partial charge in [0.05, 0.1) is 42.6 Å². The molecule has 0 heterocycles. The third kappa shape index (κ3) is 119. The zero-order chi connectivity index (χ0) is 38.5. The third-order valence-corrected chi connectivity index (χ3v) is 1.99. The Morgan fingerprint density at radius 3 is 0.581 bits per heavy atom. The lowest BCUT2D eigenvalue weighted by Gasteiger charge is -2.19. The molecule has 0 saturated heterocycles. The van der Waals surface area contributed by atoms with Crippen molar-refractivity contribution in [3.8, 4) is 0 Å². The zero-order valence-electron chi connectivity index (χ0n) is 24.9. The second-order valence-corrected chi connectivity index (χ2v) is 6.13. The molecule has 0 fully saturated rings. The molecule has 0 aromatic carbocycles. The van der Waals surface area contributed by atoms with Gasteiger partial charge in [0.2, 0.25) is 5.67 Å². The minimum absolute atomic E-state index is 0.160. The molecule has 0 nitrogen and oxygen atoms in total. The predicted octanol–water partition coefficient (Wildman–Crippen LogP) is 12.3. The fraction of sp³-hybridized carbons (Fsp3) is 1.00. The van der Waals surface area contributed by atoms with Crippen molar-refractivity contribution in [2.24, 2.45) is 0 Å². The number of rotatable bonds is 3. The van der Waals surface area contributed by atoms with E-state index in [0.717, 1.165) is 6.92 Å². The molecule has 0 aromatic heterocycles. The first-order valence-corrected chi connectivity index (χ1v) is 10.3. The van der Waals surface area contributed by atoms with Gasteiger partial charge in [0.15, 0.2) is 6.67 Å². The highest BCUT2D eigenvalue weighted by atomic mass is 19.4. The summed E-state index contributed by atoms with van der Waals surface area (Å²) < 4.78 is 236. The number of halogens is 22. The van der Waals surface area contributed by atoms with Gasteiger partial charge >= 0.3 is 18.5 Å². The SMILES string of the molecule is CC(F)(CF)C(F)(F)F.CC(F)(F)CC(F)(F)F.CC(F)(F)CF.CCC(F)(F)F.CCF.CF.CF.CF.CF.CF. The Kier molecular flexibility index (Phi) is 64.5. The summed E-state index contributed by atoms with van der Waals surface area (Å²) in [5.41, 5.74) is -3.69. The lowest BCUT2D eigenvalue weighted by molar-refractivity contribution is -0.227. The summed E-state index contributed by atoms with van der Waals surface area (Å²) in [6, 6.07) is 0. The summed E-state index contributed by atoms with van der Waals surface area (Å²) in [4.78, 5) is 0. The first-order chi connectivity index (χ1) is 19.1. The van der Waals surface area contributed by atoms with Crippen molar-refractivity contribution in [1.82, 2.24) is 0 Å². The smallest absolute Gasteiger partial charge is 0.255 e. The topological polar surface area (TPSA) is 0 Å². The molecule has 43 heavy (non-hydrogen) atoms. The summed E-state index contributed by atoms with van der Waals surface area (Å²) in [5.74, 6) is -6.77.